The SMILES string of the molecule is CCC(C)CC(N)C1CC1C. The molecule has 0 aliphatic heterocycles. The first kappa shape index (κ1) is 9.05. The maximum Gasteiger partial charge on any atom is 0.00723 e. The molecule has 4 unspecified atom stereocenters. The van der Waals surface area contributed by atoms with Crippen molar-refractivity contribution < 1.29 is 0 Å². The number of hydrogen-bond donors (Lipinski definition) is 1. The van der Waals surface area contributed by atoms with Crippen molar-refractivity contribution in [2.75, 3.05) is 0 Å². The van der Waals surface area contributed by atoms with E-state index in [1.165, 1.54) is 19.3 Å². The molecule has 0 aromatic heterocycles. The number of rotatable bonds is 4. The summed E-state index contributed by atoms with van der Waals surface area (Å²) in [6.07, 6.45) is 3.87. The molecule has 0 bridgehead atoms. The quantitative estimate of drug-likeness (QED) is 0.663. The minimum absolute atomic E-state index is 0.486. The smallest absolute Gasteiger partial charge is 0.00723 e. The average Bonchev–Trinajstić information content (AvgIpc) is 2.66. The Morgan fingerprint density at radius 1 is 1.55 bits per heavy atom. The Hall–Kier alpha value is -0.0400. The van der Waals surface area contributed by atoms with Gasteiger partial charge in [-0.3, -0.25) is 0 Å². The highest BCUT2D eigenvalue weighted by Gasteiger charge is 2.37. The van der Waals surface area contributed by atoms with Crippen LogP contribution in [0.1, 0.15) is 40.0 Å². The van der Waals surface area contributed by atoms with E-state index in [0.29, 0.717) is 6.04 Å². The van der Waals surface area contributed by atoms with Gasteiger partial charge in [0.15, 0.2) is 0 Å². The fourth-order valence-electron chi connectivity index (χ4n) is 1.75. The standard InChI is InChI=1S/C10H21N/c1-4-7(2)5-10(11)9-6-8(9)3/h7-10H,4-6,11H2,1-3H3. The Balaban J connectivity index is 2.16. The zero-order valence-electron chi connectivity index (χ0n) is 8.01. The van der Waals surface area contributed by atoms with Gasteiger partial charge in [-0.2, -0.15) is 0 Å². The second-order valence-corrected chi connectivity index (χ2v) is 4.29. The second-order valence-electron chi connectivity index (χ2n) is 4.29. The summed E-state index contributed by atoms with van der Waals surface area (Å²) in [4.78, 5) is 0. The molecule has 11 heavy (non-hydrogen) atoms. The Morgan fingerprint density at radius 2 is 2.09 bits per heavy atom. The summed E-state index contributed by atoms with van der Waals surface area (Å²) >= 11 is 0. The zero-order chi connectivity index (χ0) is 8.43. The van der Waals surface area contributed by atoms with Crippen LogP contribution in [-0.4, -0.2) is 6.04 Å². The first-order valence-corrected chi connectivity index (χ1v) is 4.90. The summed E-state index contributed by atoms with van der Waals surface area (Å²) in [6.45, 7) is 6.85. The van der Waals surface area contributed by atoms with Gasteiger partial charge in [-0.15, -0.1) is 0 Å². The zero-order valence-corrected chi connectivity index (χ0v) is 8.01. The van der Waals surface area contributed by atoms with Crippen LogP contribution < -0.4 is 5.73 Å². The highest BCUT2D eigenvalue weighted by atomic mass is 14.7. The van der Waals surface area contributed by atoms with E-state index < -0.39 is 0 Å². The van der Waals surface area contributed by atoms with Crippen LogP contribution >= 0.6 is 0 Å². The van der Waals surface area contributed by atoms with Gasteiger partial charge in [0.05, 0.1) is 0 Å². The Kier molecular flexibility index (Phi) is 2.94. The third-order valence-electron chi connectivity index (χ3n) is 3.09. The molecule has 0 aromatic rings. The lowest BCUT2D eigenvalue weighted by atomic mass is 9.96. The first-order valence-electron chi connectivity index (χ1n) is 4.90. The maximum atomic E-state index is 6.05. The van der Waals surface area contributed by atoms with Gasteiger partial charge in [-0.1, -0.05) is 27.2 Å². The van der Waals surface area contributed by atoms with Gasteiger partial charge in [0.1, 0.15) is 0 Å². The van der Waals surface area contributed by atoms with E-state index >= 15 is 0 Å². The van der Waals surface area contributed by atoms with E-state index in [9.17, 15) is 0 Å². The van der Waals surface area contributed by atoms with Crippen LogP contribution in [0.15, 0.2) is 0 Å². The Bertz CT molecular complexity index is 122. The molecule has 0 radical (unpaired) electrons. The summed E-state index contributed by atoms with van der Waals surface area (Å²) in [7, 11) is 0. The predicted octanol–water partition coefficient (Wildman–Crippen LogP) is 2.41. The molecular formula is C10H21N. The molecule has 66 valence electrons. The Labute approximate surface area is 70.4 Å². The molecule has 0 saturated heterocycles. The summed E-state index contributed by atoms with van der Waals surface area (Å²) in [5.41, 5.74) is 6.05. The van der Waals surface area contributed by atoms with Gasteiger partial charge in [0.25, 0.3) is 0 Å². The molecule has 1 saturated carbocycles. The van der Waals surface area contributed by atoms with Crippen molar-refractivity contribution in [2.45, 2.75) is 46.1 Å². The van der Waals surface area contributed by atoms with Crippen LogP contribution in [0.25, 0.3) is 0 Å². The van der Waals surface area contributed by atoms with Crippen molar-refractivity contribution in [3.05, 3.63) is 0 Å². The van der Waals surface area contributed by atoms with E-state index in [2.05, 4.69) is 20.8 Å². The number of hydrogen-bond acceptors (Lipinski definition) is 1. The maximum absolute atomic E-state index is 6.05. The molecule has 0 amide bonds. The van der Waals surface area contributed by atoms with Crippen LogP contribution in [0, 0.1) is 17.8 Å². The average molecular weight is 155 g/mol. The molecule has 1 rings (SSSR count). The number of nitrogens with two attached hydrogens (primary N) is 1. The molecule has 0 aromatic carbocycles. The van der Waals surface area contributed by atoms with Crippen molar-refractivity contribution in [1.29, 1.82) is 0 Å². The third-order valence-corrected chi connectivity index (χ3v) is 3.09. The summed E-state index contributed by atoms with van der Waals surface area (Å²) in [6, 6.07) is 0.486. The first-order chi connectivity index (χ1) is 5.15. The van der Waals surface area contributed by atoms with Gasteiger partial charge in [-0.05, 0) is 30.6 Å². The summed E-state index contributed by atoms with van der Waals surface area (Å²) in [5.74, 6) is 2.58. The van der Waals surface area contributed by atoms with Gasteiger partial charge >= 0.3 is 0 Å². The van der Waals surface area contributed by atoms with Crippen molar-refractivity contribution in [3.8, 4) is 0 Å². The topological polar surface area (TPSA) is 26.0 Å². The second kappa shape index (κ2) is 3.57. The van der Waals surface area contributed by atoms with E-state index in [4.69, 9.17) is 5.73 Å². The third kappa shape index (κ3) is 2.48. The largest absolute Gasteiger partial charge is 0.327 e. The molecule has 4 atom stereocenters. The van der Waals surface area contributed by atoms with Crippen molar-refractivity contribution in [1.82, 2.24) is 0 Å². The molecule has 0 spiro atoms. The van der Waals surface area contributed by atoms with Gasteiger partial charge in [0, 0.05) is 6.04 Å². The molecular weight excluding hydrogens is 134 g/mol. The molecule has 1 nitrogen and oxygen atoms in total. The van der Waals surface area contributed by atoms with Crippen LogP contribution in [0.3, 0.4) is 0 Å². The lowest BCUT2D eigenvalue weighted by Crippen LogP contribution is -2.25. The highest BCUT2D eigenvalue weighted by molar-refractivity contribution is 4.90. The van der Waals surface area contributed by atoms with Crippen LogP contribution in [0.4, 0.5) is 0 Å². The molecule has 0 heterocycles. The van der Waals surface area contributed by atoms with E-state index in [0.717, 1.165) is 17.8 Å². The van der Waals surface area contributed by atoms with Gasteiger partial charge < -0.3 is 5.73 Å². The minimum Gasteiger partial charge on any atom is -0.327 e. The lowest BCUT2D eigenvalue weighted by molar-refractivity contribution is 0.415. The van der Waals surface area contributed by atoms with Crippen molar-refractivity contribution in [3.63, 3.8) is 0 Å². The van der Waals surface area contributed by atoms with E-state index in [1.807, 2.05) is 0 Å². The van der Waals surface area contributed by atoms with Crippen molar-refractivity contribution >= 4 is 0 Å². The monoisotopic (exact) mass is 155 g/mol. The van der Waals surface area contributed by atoms with Crippen LogP contribution in [-0.2, 0) is 0 Å². The molecule has 1 aliphatic carbocycles. The predicted molar refractivity (Wildman–Crippen MR) is 49.3 cm³/mol. The lowest BCUT2D eigenvalue weighted by Gasteiger charge is -2.15. The Morgan fingerprint density at radius 3 is 2.45 bits per heavy atom. The summed E-state index contributed by atoms with van der Waals surface area (Å²) in [5, 5.41) is 0. The molecule has 2 N–H and O–H groups in total. The van der Waals surface area contributed by atoms with E-state index in [-0.39, 0.29) is 0 Å². The fourth-order valence-corrected chi connectivity index (χ4v) is 1.75. The van der Waals surface area contributed by atoms with E-state index in [1.54, 1.807) is 0 Å². The molecule has 1 aliphatic rings. The highest BCUT2D eigenvalue weighted by Crippen LogP contribution is 2.41. The van der Waals surface area contributed by atoms with Gasteiger partial charge in [-0.25, -0.2) is 0 Å². The summed E-state index contributed by atoms with van der Waals surface area (Å²) < 4.78 is 0. The molecule has 1 fully saturated rings. The van der Waals surface area contributed by atoms with Crippen LogP contribution in [0.5, 0.6) is 0 Å². The minimum atomic E-state index is 0.486. The van der Waals surface area contributed by atoms with Crippen molar-refractivity contribution in [2.24, 2.45) is 23.5 Å². The fraction of sp³-hybridized carbons (Fsp3) is 1.00. The normalized spacial score (nSPS) is 34.9. The van der Waals surface area contributed by atoms with Gasteiger partial charge in [0.2, 0.25) is 0 Å². The van der Waals surface area contributed by atoms with Crippen LogP contribution in [0.2, 0.25) is 0 Å². The molecule has 1 heteroatoms.